The number of rotatable bonds is 5. The normalized spacial score (nSPS) is 17.6. The Morgan fingerprint density at radius 1 is 1.05 bits per heavy atom. The molecule has 0 bridgehead atoms. The number of benzene rings is 1. The van der Waals surface area contributed by atoms with Crippen LogP contribution in [0, 0.1) is 0 Å². The zero-order chi connectivity index (χ0) is 15.4. The Bertz CT molecular complexity index is 562. The lowest BCUT2D eigenvalue weighted by molar-refractivity contribution is 0.0920. The largest absolute Gasteiger partial charge is 0.508 e. The predicted octanol–water partition coefficient (Wildman–Crippen LogP) is 0.772. The summed E-state index contributed by atoms with van der Waals surface area (Å²) in [5, 5.41) is 23.6. The lowest BCUT2D eigenvalue weighted by Crippen LogP contribution is -2.49. The summed E-state index contributed by atoms with van der Waals surface area (Å²) in [6.07, 6.45) is 3.19. The summed E-state index contributed by atoms with van der Waals surface area (Å²) in [6.45, 7) is 4.92. The van der Waals surface area contributed by atoms with E-state index in [1.165, 1.54) is 0 Å². The van der Waals surface area contributed by atoms with Gasteiger partial charge < -0.3 is 15.1 Å². The topological polar surface area (TPSA) is 64.8 Å². The molecular formula is C16H22N4O2. The van der Waals surface area contributed by atoms with Crippen LogP contribution in [0.2, 0.25) is 0 Å². The maximum atomic E-state index is 10.1. The molecule has 22 heavy (non-hydrogen) atoms. The lowest BCUT2D eigenvalue weighted by atomic mass is 10.2. The first-order valence-electron chi connectivity index (χ1n) is 7.62. The Morgan fingerprint density at radius 2 is 1.77 bits per heavy atom. The number of aliphatic hydroxyl groups excluding tert-OH is 1. The molecule has 1 aromatic carbocycles. The van der Waals surface area contributed by atoms with E-state index in [2.05, 4.69) is 14.9 Å². The standard InChI is InChI=1S/C16H22N4O2/c21-15-4-2-14(3-5-15)19-10-8-18(9-11-19)12-16(22)13-20-7-1-6-17-20/h1-7,16,21-22H,8-13H2. The maximum Gasteiger partial charge on any atom is 0.115 e. The minimum atomic E-state index is -0.403. The van der Waals surface area contributed by atoms with Crippen molar-refractivity contribution in [3.63, 3.8) is 0 Å². The molecule has 0 amide bonds. The van der Waals surface area contributed by atoms with E-state index >= 15 is 0 Å². The van der Waals surface area contributed by atoms with Crippen molar-refractivity contribution in [3.8, 4) is 5.75 Å². The van der Waals surface area contributed by atoms with Crippen LogP contribution in [0.3, 0.4) is 0 Å². The molecule has 1 aliphatic heterocycles. The summed E-state index contributed by atoms with van der Waals surface area (Å²) in [4.78, 5) is 4.58. The van der Waals surface area contributed by atoms with Gasteiger partial charge in [0.25, 0.3) is 0 Å². The monoisotopic (exact) mass is 302 g/mol. The smallest absolute Gasteiger partial charge is 0.115 e. The Labute approximate surface area is 130 Å². The molecule has 118 valence electrons. The van der Waals surface area contributed by atoms with Gasteiger partial charge in [-0.1, -0.05) is 0 Å². The molecule has 0 radical (unpaired) electrons. The number of β-amino-alcohol motifs (C(OH)–C–C–N with tert-alkyl or cyclic N) is 1. The van der Waals surface area contributed by atoms with E-state index in [4.69, 9.17) is 0 Å². The quantitative estimate of drug-likeness (QED) is 0.854. The van der Waals surface area contributed by atoms with Crippen LogP contribution >= 0.6 is 0 Å². The van der Waals surface area contributed by atoms with E-state index in [0.717, 1.165) is 31.9 Å². The molecule has 0 saturated carbocycles. The number of phenols is 1. The molecule has 2 N–H and O–H groups in total. The van der Waals surface area contributed by atoms with E-state index in [9.17, 15) is 10.2 Å². The van der Waals surface area contributed by atoms with Gasteiger partial charge in [-0.05, 0) is 30.3 Å². The van der Waals surface area contributed by atoms with Gasteiger partial charge in [0, 0.05) is 50.8 Å². The molecule has 0 spiro atoms. The fraction of sp³-hybridized carbons (Fsp3) is 0.438. The Hall–Kier alpha value is -2.05. The molecule has 0 aliphatic carbocycles. The van der Waals surface area contributed by atoms with E-state index < -0.39 is 6.10 Å². The number of aliphatic hydroxyl groups is 1. The summed E-state index contributed by atoms with van der Waals surface area (Å²) in [6, 6.07) is 9.18. The number of piperazine rings is 1. The van der Waals surface area contributed by atoms with Gasteiger partial charge in [0.15, 0.2) is 0 Å². The molecule has 6 nitrogen and oxygen atoms in total. The maximum absolute atomic E-state index is 10.1. The van der Waals surface area contributed by atoms with Crippen LogP contribution in [0.4, 0.5) is 5.69 Å². The highest BCUT2D eigenvalue weighted by atomic mass is 16.3. The Morgan fingerprint density at radius 3 is 2.41 bits per heavy atom. The van der Waals surface area contributed by atoms with Crippen LogP contribution in [0.1, 0.15) is 0 Å². The third kappa shape index (κ3) is 3.78. The number of aromatic hydroxyl groups is 1. The summed E-state index contributed by atoms with van der Waals surface area (Å²) in [5.41, 5.74) is 1.13. The molecule has 6 heteroatoms. The SMILES string of the molecule is Oc1ccc(N2CCN(CC(O)Cn3cccn3)CC2)cc1. The van der Waals surface area contributed by atoms with Crippen molar-refractivity contribution in [1.82, 2.24) is 14.7 Å². The van der Waals surface area contributed by atoms with Crippen molar-refractivity contribution in [3.05, 3.63) is 42.7 Å². The second kappa shape index (κ2) is 6.81. The van der Waals surface area contributed by atoms with Gasteiger partial charge in [0.2, 0.25) is 0 Å². The third-order valence-electron chi connectivity index (χ3n) is 4.01. The van der Waals surface area contributed by atoms with Gasteiger partial charge in [-0.15, -0.1) is 0 Å². The first-order valence-corrected chi connectivity index (χ1v) is 7.62. The van der Waals surface area contributed by atoms with Crippen molar-refractivity contribution in [1.29, 1.82) is 0 Å². The van der Waals surface area contributed by atoms with Gasteiger partial charge in [0.1, 0.15) is 5.75 Å². The van der Waals surface area contributed by atoms with Crippen LogP contribution < -0.4 is 4.90 Å². The molecule has 2 aromatic rings. The van der Waals surface area contributed by atoms with Crippen molar-refractivity contribution in [2.45, 2.75) is 12.6 Å². The van der Waals surface area contributed by atoms with Gasteiger partial charge in [-0.25, -0.2) is 0 Å². The van der Waals surface area contributed by atoms with Crippen LogP contribution in [-0.4, -0.2) is 63.7 Å². The van der Waals surface area contributed by atoms with Gasteiger partial charge in [0.05, 0.1) is 12.6 Å². The average Bonchev–Trinajstić information content (AvgIpc) is 3.02. The fourth-order valence-corrected chi connectivity index (χ4v) is 2.83. The van der Waals surface area contributed by atoms with Crippen LogP contribution in [-0.2, 0) is 6.54 Å². The zero-order valence-electron chi connectivity index (χ0n) is 12.5. The van der Waals surface area contributed by atoms with Crippen molar-refractivity contribution in [2.24, 2.45) is 0 Å². The second-order valence-electron chi connectivity index (χ2n) is 5.69. The highest BCUT2D eigenvalue weighted by molar-refractivity contribution is 5.49. The number of phenolic OH excluding ortho intramolecular Hbond substituents is 1. The minimum Gasteiger partial charge on any atom is -0.508 e. The Kier molecular flexibility index (Phi) is 4.60. The average molecular weight is 302 g/mol. The van der Waals surface area contributed by atoms with Crippen molar-refractivity contribution >= 4 is 5.69 Å². The first kappa shape index (κ1) is 14.9. The third-order valence-corrected chi connectivity index (χ3v) is 4.01. The van der Waals surface area contributed by atoms with Crippen LogP contribution in [0.25, 0.3) is 0 Å². The van der Waals surface area contributed by atoms with E-state index in [-0.39, 0.29) is 0 Å². The molecule has 1 aromatic heterocycles. The number of nitrogens with zero attached hydrogens (tertiary/aromatic N) is 4. The molecule has 2 heterocycles. The second-order valence-corrected chi connectivity index (χ2v) is 5.69. The highest BCUT2D eigenvalue weighted by Crippen LogP contribution is 2.19. The van der Waals surface area contributed by atoms with Gasteiger partial charge in [-0.3, -0.25) is 9.58 Å². The molecule has 1 unspecified atom stereocenters. The van der Waals surface area contributed by atoms with Gasteiger partial charge >= 0.3 is 0 Å². The number of aromatic nitrogens is 2. The molecule has 1 aliphatic rings. The molecular weight excluding hydrogens is 280 g/mol. The molecule has 1 fully saturated rings. The van der Waals surface area contributed by atoms with Crippen LogP contribution in [0.15, 0.2) is 42.7 Å². The lowest BCUT2D eigenvalue weighted by Gasteiger charge is -2.36. The molecule has 3 rings (SSSR count). The fourth-order valence-electron chi connectivity index (χ4n) is 2.83. The zero-order valence-corrected chi connectivity index (χ0v) is 12.5. The van der Waals surface area contributed by atoms with Crippen LogP contribution in [0.5, 0.6) is 5.75 Å². The van der Waals surface area contributed by atoms with Crippen molar-refractivity contribution < 1.29 is 10.2 Å². The van der Waals surface area contributed by atoms with E-state index in [1.54, 1.807) is 23.0 Å². The summed E-state index contributed by atoms with van der Waals surface area (Å²) in [5.74, 6) is 0.295. The number of hydrogen-bond acceptors (Lipinski definition) is 5. The van der Waals surface area contributed by atoms with Crippen molar-refractivity contribution in [2.75, 3.05) is 37.6 Å². The van der Waals surface area contributed by atoms with E-state index in [1.807, 2.05) is 24.4 Å². The van der Waals surface area contributed by atoms with Gasteiger partial charge in [-0.2, -0.15) is 5.10 Å². The summed E-state index contributed by atoms with van der Waals surface area (Å²) < 4.78 is 1.76. The van der Waals surface area contributed by atoms with E-state index in [0.29, 0.717) is 18.8 Å². The minimum absolute atomic E-state index is 0.295. The molecule has 1 atom stereocenters. The number of hydrogen-bond donors (Lipinski definition) is 2. The molecule has 1 saturated heterocycles. The highest BCUT2D eigenvalue weighted by Gasteiger charge is 2.19. The first-order chi connectivity index (χ1) is 10.7. The predicted molar refractivity (Wildman–Crippen MR) is 85.0 cm³/mol. The Balaban J connectivity index is 1.46. The number of anilines is 1. The summed E-state index contributed by atoms with van der Waals surface area (Å²) >= 11 is 0. The summed E-state index contributed by atoms with van der Waals surface area (Å²) in [7, 11) is 0.